The molecular weight excluding hydrogens is 330 g/mol. The lowest BCUT2D eigenvalue weighted by Gasteiger charge is -2.40. The van der Waals surface area contributed by atoms with E-state index in [0.717, 1.165) is 77.9 Å². The van der Waals surface area contributed by atoms with Gasteiger partial charge >= 0.3 is 0 Å². The lowest BCUT2D eigenvalue weighted by molar-refractivity contribution is -0.136. The minimum absolute atomic E-state index is 0.0819. The Hall–Kier alpha value is -1.14. The maximum Gasteiger partial charge on any atom is 0.224 e. The van der Waals surface area contributed by atoms with Gasteiger partial charge in [0.2, 0.25) is 11.8 Å². The lowest BCUT2D eigenvalue weighted by Crippen LogP contribution is -2.52. The molecule has 2 aliphatic heterocycles. The van der Waals surface area contributed by atoms with Crippen molar-refractivity contribution in [2.24, 2.45) is 5.92 Å². The second-order valence-corrected chi connectivity index (χ2v) is 8.24. The lowest BCUT2D eigenvalue weighted by atomic mass is 10.00. The van der Waals surface area contributed by atoms with Crippen molar-refractivity contribution in [2.75, 3.05) is 39.4 Å². The van der Waals surface area contributed by atoms with Crippen LogP contribution >= 0.6 is 0 Å². The summed E-state index contributed by atoms with van der Waals surface area (Å²) in [5.41, 5.74) is 0. The SMILES string of the molecule is C[C@@H](CC(=O)N1CCCC[C@H]1CN1CCOCC1)NC(=O)C1CCCC1. The van der Waals surface area contributed by atoms with E-state index in [4.69, 9.17) is 4.74 Å². The van der Waals surface area contributed by atoms with E-state index < -0.39 is 0 Å². The summed E-state index contributed by atoms with van der Waals surface area (Å²) in [5, 5.41) is 3.07. The summed E-state index contributed by atoms with van der Waals surface area (Å²) in [6.45, 7) is 7.30. The molecule has 2 amide bonds. The van der Waals surface area contributed by atoms with E-state index >= 15 is 0 Å². The van der Waals surface area contributed by atoms with Gasteiger partial charge in [0.25, 0.3) is 0 Å². The molecule has 0 aromatic carbocycles. The number of hydrogen-bond donors (Lipinski definition) is 1. The van der Waals surface area contributed by atoms with Crippen LogP contribution in [0.2, 0.25) is 0 Å². The van der Waals surface area contributed by atoms with Gasteiger partial charge in [-0.05, 0) is 39.0 Å². The highest BCUT2D eigenvalue weighted by atomic mass is 16.5. The molecule has 0 aromatic rings. The minimum atomic E-state index is -0.0819. The maximum absolute atomic E-state index is 12.9. The zero-order valence-electron chi connectivity index (χ0n) is 16.3. The Balaban J connectivity index is 1.48. The fourth-order valence-electron chi connectivity index (χ4n) is 4.58. The van der Waals surface area contributed by atoms with Crippen molar-refractivity contribution in [1.82, 2.24) is 15.1 Å². The second kappa shape index (κ2) is 9.70. The van der Waals surface area contributed by atoms with Crippen molar-refractivity contribution < 1.29 is 14.3 Å². The van der Waals surface area contributed by atoms with Gasteiger partial charge in [0.1, 0.15) is 0 Å². The number of carbonyl (C=O) groups excluding carboxylic acids is 2. The van der Waals surface area contributed by atoms with Gasteiger partial charge in [-0.3, -0.25) is 14.5 Å². The molecule has 3 aliphatic rings. The molecule has 0 radical (unpaired) electrons. The van der Waals surface area contributed by atoms with Gasteiger partial charge in [-0.25, -0.2) is 0 Å². The van der Waals surface area contributed by atoms with Crippen molar-refractivity contribution in [3.63, 3.8) is 0 Å². The molecule has 0 unspecified atom stereocenters. The first-order chi connectivity index (χ1) is 12.6. The number of rotatable bonds is 6. The summed E-state index contributed by atoms with van der Waals surface area (Å²) in [6.07, 6.45) is 8.11. The highest BCUT2D eigenvalue weighted by Crippen LogP contribution is 2.25. The van der Waals surface area contributed by atoms with Crippen LogP contribution < -0.4 is 5.32 Å². The fraction of sp³-hybridized carbons (Fsp3) is 0.900. The molecule has 3 fully saturated rings. The Bertz CT molecular complexity index is 473. The van der Waals surface area contributed by atoms with Crippen LogP contribution in [-0.2, 0) is 14.3 Å². The number of likely N-dealkylation sites (tertiary alicyclic amines) is 1. The number of nitrogens with zero attached hydrogens (tertiary/aromatic N) is 2. The van der Waals surface area contributed by atoms with Crippen LogP contribution in [0.5, 0.6) is 0 Å². The number of morpholine rings is 1. The topological polar surface area (TPSA) is 61.9 Å². The van der Waals surface area contributed by atoms with Crippen LogP contribution in [0.15, 0.2) is 0 Å². The van der Waals surface area contributed by atoms with E-state index in [9.17, 15) is 9.59 Å². The quantitative estimate of drug-likeness (QED) is 0.779. The predicted molar refractivity (Wildman–Crippen MR) is 101 cm³/mol. The van der Waals surface area contributed by atoms with Gasteiger partial charge in [-0.15, -0.1) is 0 Å². The van der Waals surface area contributed by atoms with Crippen LogP contribution in [0.3, 0.4) is 0 Å². The van der Waals surface area contributed by atoms with Crippen molar-refractivity contribution >= 4 is 11.8 Å². The van der Waals surface area contributed by atoms with Crippen LogP contribution in [0.1, 0.15) is 58.3 Å². The normalized spacial score (nSPS) is 26.7. The smallest absolute Gasteiger partial charge is 0.224 e. The van der Waals surface area contributed by atoms with E-state index in [1.807, 2.05) is 6.92 Å². The number of ether oxygens (including phenoxy) is 1. The third kappa shape index (κ3) is 5.43. The molecule has 2 atom stereocenters. The van der Waals surface area contributed by atoms with E-state index in [1.165, 1.54) is 6.42 Å². The average Bonchev–Trinajstić information content (AvgIpc) is 3.18. The van der Waals surface area contributed by atoms with Crippen molar-refractivity contribution in [3.8, 4) is 0 Å². The van der Waals surface area contributed by atoms with Crippen LogP contribution in [0.25, 0.3) is 0 Å². The molecule has 2 heterocycles. The van der Waals surface area contributed by atoms with Crippen molar-refractivity contribution in [3.05, 3.63) is 0 Å². The number of nitrogens with one attached hydrogen (secondary N) is 1. The molecule has 26 heavy (non-hydrogen) atoms. The standard InChI is InChI=1S/C20H35N3O3/c1-16(21-20(25)17-6-2-3-7-17)14-19(24)23-9-5-4-8-18(23)15-22-10-12-26-13-11-22/h16-18H,2-15H2,1H3,(H,21,25)/t16-,18-/m0/s1. The second-order valence-electron chi connectivity index (χ2n) is 8.24. The first-order valence-electron chi connectivity index (χ1n) is 10.5. The highest BCUT2D eigenvalue weighted by Gasteiger charge is 2.30. The monoisotopic (exact) mass is 365 g/mol. The molecular formula is C20H35N3O3. The summed E-state index contributed by atoms with van der Waals surface area (Å²) in [6, 6.07) is 0.230. The Morgan fingerprint density at radius 2 is 1.73 bits per heavy atom. The van der Waals surface area contributed by atoms with Crippen molar-refractivity contribution in [2.45, 2.75) is 70.4 Å². The van der Waals surface area contributed by atoms with E-state index in [0.29, 0.717) is 12.5 Å². The summed E-state index contributed by atoms with van der Waals surface area (Å²) < 4.78 is 5.43. The summed E-state index contributed by atoms with van der Waals surface area (Å²) in [4.78, 5) is 29.7. The van der Waals surface area contributed by atoms with E-state index in [1.54, 1.807) is 0 Å². The van der Waals surface area contributed by atoms with E-state index in [-0.39, 0.29) is 23.8 Å². The molecule has 0 spiro atoms. The Morgan fingerprint density at radius 3 is 2.46 bits per heavy atom. The molecule has 0 bridgehead atoms. The van der Waals surface area contributed by atoms with Crippen LogP contribution in [-0.4, -0.2) is 73.1 Å². The Labute approximate surface area is 157 Å². The van der Waals surface area contributed by atoms with Gasteiger partial charge in [0.05, 0.1) is 13.2 Å². The molecule has 1 saturated carbocycles. The summed E-state index contributed by atoms with van der Waals surface area (Å²) in [5.74, 6) is 0.505. The van der Waals surface area contributed by atoms with Gasteiger partial charge in [0, 0.05) is 50.6 Å². The van der Waals surface area contributed by atoms with Crippen LogP contribution in [0, 0.1) is 5.92 Å². The molecule has 1 N–H and O–H groups in total. The average molecular weight is 366 g/mol. The molecule has 6 nitrogen and oxygen atoms in total. The zero-order chi connectivity index (χ0) is 18.4. The predicted octanol–water partition coefficient (Wildman–Crippen LogP) is 1.78. The zero-order valence-corrected chi connectivity index (χ0v) is 16.3. The minimum Gasteiger partial charge on any atom is -0.379 e. The first kappa shape index (κ1) is 19.6. The Morgan fingerprint density at radius 1 is 1.04 bits per heavy atom. The molecule has 3 rings (SSSR count). The maximum atomic E-state index is 12.9. The van der Waals surface area contributed by atoms with Crippen LogP contribution in [0.4, 0.5) is 0 Å². The van der Waals surface area contributed by atoms with Gasteiger partial charge < -0.3 is 15.0 Å². The molecule has 1 aliphatic carbocycles. The van der Waals surface area contributed by atoms with Gasteiger partial charge in [-0.1, -0.05) is 12.8 Å². The highest BCUT2D eigenvalue weighted by molar-refractivity contribution is 5.81. The number of hydrogen-bond acceptors (Lipinski definition) is 4. The van der Waals surface area contributed by atoms with Crippen molar-refractivity contribution in [1.29, 1.82) is 0 Å². The molecule has 148 valence electrons. The number of piperidine rings is 1. The Kier molecular flexibility index (Phi) is 7.32. The third-order valence-corrected chi connectivity index (χ3v) is 6.12. The van der Waals surface area contributed by atoms with Gasteiger partial charge in [-0.2, -0.15) is 0 Å². The largest absolute Gasteiger partial charge is 0.379 e. The molecule has 0 aromatic heterocycles. The summed E-state index contributed by atoms with van der Waals surface area (Å²) >= 11 is 0. The first-order valence-corrected chi connectivity index (χ1v) is 10.5. The fourth-order valence-corrected chi connectivity index (χ4v) is 4.58. The number of carbonyl (C=O) groups is 2. The summed E-state index contributed by atoms with van der Waals surface area (Å²) in [7, 11) is 0. The molecule has 6 heteroatoms. The third-order valence-electron chi connectivity index (χ3n) is 6.12. The van der Waals surface area contributed by atoms with Gasteiger partial charge in [0.15, 0.2) is 0 Å². The number of amides is 2. The van der Waals surface area contributed by atoms with E-state index in [2.05, 4.69) is 15.1 Å². The molecule has 2 saturated heterocycles.